The van der Waals surface area contributed by atoms with Crippen molar-refractivity contribution in [1.82, 2.24) is 20.2 Å². The van der Waals surface area contributed by atoms with Gasteiger partial charge in [-0.15, -0.1) is 11.3 Å². The summed E-state index contributed by atoms with van der Waals surface area (Å²) in [6.07, 6.45) is 3.75. The topological polar surface area (TPSA) is 121 Å². The van der Waals surface area contributed by atoms with Gasteiger partial charge in [-0.3, -0.25) is 9.65 Å². The highest BCUT2D eigenvalue weighted by molar-refractivity contribution is 7.88. The minimum atomic E-state index is -4.25. The lowest BCUT2D eigenvalue weighted by atomic mass is 10.3. The Balaban J connectivity index is 1.62. The molecule has 3 N–H and O–H groups in total. The number of H-pyrrole nitrogens is 1. The van der Waals surface area contributed by atoms with Gasteiger partial charge in [-0.1, -0.05) is 11.6 Å². The predicted octanol–water partition coefficient (Wildman–Crippen LogP) is 3.45. The van der Waals surface area contributed by atoms with Crippen LogP contribution in [0.3, 0.4) is 0 Å². The van der Waals surface area contributed by atoms with Crippen LogP contribution < -0.4 is 5.32 Å². The number of anilines is 2. The Bertz CT molecular complexity index is 1040. The molecule has 8 nitrogen and oxygen atoms in total. The number of thiophene rings is 1. The zero-order chi connectivity index (χ0) is 17.6. The lowest BCUT2D eigenvalue weighted by Gasteiger charge is -2.05. The molecule has 1 aliphatic rings. The molecular weight excluding hydrogens is 386 g/mol. The van der Waals surface area contributed by atoms with Crippen LogP contribution in [-0.2, 0) is 10.1 Å². The van der Waals surface area contributed by atoms with Crippen LogP contribution in [0.25, 0.3) is 10.7 Å². The summed E-state index contributed by atoms with van der Waals surface area (Å²) < 4.78 is 31.3. The quantitative estimate of drug-likeness (QED) is 0.563. The van der Waals surface area contributed by atoms with Crippen molar-refractivity contribution < 1.29 is 13.0 Å². The number of aromatic amines is 1. The minimum Gasteiger partial charge on any atom is -0.322 e. The molecule has 4 rings (SSSR count). The molecule has 3 aromatic heterocycles. The van der Waals surface area contributed by atoms with Gasteiger partial charge >= 0.3 is 10.1 Å². The molecular formula is C14H12ClN5O3S2. The molecule has 0 spiro atoms. The Hall–Kier alpha value is -2.01. The van der Waals surface area contributed by atoms with Crippen LogP contribution in [0, 0.1) is 0 Å². The third kappa shape index (κ3) is 3.52. The van der Waals surface area contributed by atoms with E-state index in [9.17, 15) is 8.42 Å². The van der Waals surface area contributed by atoms with Gasteiger partial charge < -0.3 is 5.32 Å². The average molecular weight is 398 g/mol. The number of rotatable bonds is 5. The predicted molar refractivity (Wildman–Crippen MR) is 94.0 cm³/mol. The monoisotopic (exact) mass is 397 g/mol. The second-order valence-corrected chi connectivity index (χ2v) is 8.73. The van der Waals surface area contributed by atoms with E-state index >= 15 is 0 Å². The first-order valence-electron chi connectivity index (χ1n) is 7.33. The van der Waals surface area contributed by atoms with Gasteiger partial charge in [0.25, 0.3) is 0 Å². The van der Waals surface area contributed by atoms with Gasteiger partial charge in [0.15, 0.2) is 17.5 Å². The highest BCUT2D eigenvalue weighted by atomic mass is 35.5. The van der Waals surface area contributed by atoms with Crippen molar-refractivity contribution in [3.8, 4) is 10.7 Å². The highest BCUT2D eigenvalue weighted by Gasteiger charge is 2.25. The smallest absolute Gasteiger partial charge is 0.304 e. The molecule has 0 bridgehead atoms. The van der Waals surface area contributed by atoms with Crippen LogP contribution in [0.15, 0.2) is 28.6 Å². The zero-order valence-corrected chi connectivity index (χ0v) is 15.0. The minimum absolute atomic E-state index is 0.170. The average Bonchev–Trinajstić information content (AvgIpc) is 3.09. The van der Waals surface area contributed by atoms with E-state index in [-0.39, 0.29) is 4.21 Å². The molecule has 0 saturated heterocycles. The van der Waals surface area contributed by atoms with E-state index in [0.29, 0.717) is 33.3 Å². The molecule has 0 aromatic carbocycles. The molecule has 11 heteroatoms. The van der Waals surface area contributed by atoms with Crippen LogP contribution in [-0.4, -0.2) is 33.1 Å². The third-order valence-corrected chi connectivity index (χ3v) is 6.34. The van der Waals surface area contributed by atoms with E-state index in [1.54, 1.807) is 0 Å². The molecule has 130 valence electrons. The highest BCUT2D eigenvalue weighted by Crippen LogP contribution is 2.40. The molecule has 0 aliphatic heterocycles. The van der Waals surface area contributed by atoms with Crippen LogP contribution in [0.4, 0.5) is 11.6 Å². The SMILES string of the molecule is O=S(=O)(O)c1ccc(-c2ncc(Cl)c(Nc3cc(C4CC4)[nH]n3)n2)s1. The van der Waals surface area contributed by atoms with Crippen molar-refractivity contribution in [3.05, 3.63) is 35.1 Å². The van der Waals surface area contributed by atoms with Crippen LogP contribution in [0.2, 0.25) is 5.02 Å². The fourth-order valence-corrected chi connectivity index (χ4v) is 4.03. The van der Waals surface area contributed by atoms with Gasteiger partial charge in [0.1, 0.15) is 9.23 Å². The van der Waals surface area contributed by atoms with Gasteiger partial charge in [-0.25, -0.2) is 9.97 Å². The fourth-order valence-electron chi connectivity index (χ4n) is 2.28. The second kappa shape index (κ2) is 6.06. The Morgan fingerprint density at radius 3 is 2.84 bits per heavy atom. The van der Waals surface area contributed by atoms with E-state index in [1.165, 1.54) is 18.3 Å². The summed E-state index contributed by atoms with van der Waals surface area (Å²) in [6, 6.07) is 4.74. The third-order valence-electron chi connectivity index (χ3n) is 3.66. The number of aromatic nitrogens is 4. The van der Waals surface area contributed by atoms with Gasteiger partial charge in [0.05, 0.1) is 11.1 Å². The van der Waals surface area contributed by atoms with Crippen molar-refractivity contribution in [3.63, 3.8) is 0 Å². The normalized spacial score (nSPS) is 14.6. The summed E-state index contributed by atoms with van der Waals surface area (Å²) >= 11 is 7.01. The van der Waals surface area contributed by atoms with E-state index in [4.69, 9.17) is 16.2 Å². The molecule has 0 unspecified atom stereocenters. The van der Waals surface area contributed by atoms with Gasteiger partial charge in [0, 0.05) is 17.7 Å². The zero-order valence-electron chi connectivity index (χ0n) is 12.6. The largest absolute Gasteiger partial charge is 0.322 e. The summed E-state index contributed by atoms with van der Waals surface area (Å²) in [4.78, 5) is 8.93. The first kappa shape index (κ1) is 16.5. The number of halogens is 1. The van der Waals surface area contributed by atoms with Crippen LogP contribution in [0.5, 0.6) is 0 Å². The number of nitrogens with one attached hydrogen (secondary N) is 2. The summed E-state index contributed by atoms with van der Waals surface area (Å²) in [5.74, 6) is 1.80. The van der Waals surface area contributed by atoms with Crippen molar-refractivity contribution in [2.45, 2.75) is 23.0 Å². The van der Waals surface area contributed by atoms with Crippen molar-refractivity contribution in [2.24, 2.45) is 0 Å². The molecule has 25 heavy (non-hydrogen) atoms. The van der Waals surface area contributed by atoms with Gasteiger partial charge in [0.2, 0.25) is 0 Å². The standard InChI is InChI=1S/C14H12ClN5O3S2/c15-8-6-16-14(10-3-4-12(24-10)25(21,22)23)18-13(8)17-11-5-9(19-20-11)7-1-2-7/h3-7H,1-2H2,(H,21,22,23)(H2,16,17,18,19,20). The number of nitrogens with zero attached hydrogens (tertiary/aromatic N) is 3. The molecule has 0 radical (unpaired) electrons. The molecule has 3 heterocycles. The first-order chi connectivity index (χ1) is 11.9. The Morgan fingerprint density at radius 2 is 2.16 bits per heavy atom. The molecule has 1 saturated carbocycles. The van der Waals surface area contributed by atoms with Gasteiger partial charge in [-0.2, -0.15) is 13.5 Å². The molecule has 1 aliphatic carbocycles. The van der Waals surface area contributed by atoms with Gasteiger partial charge in [-0.05, 0) is 25.0 Å². The first-order valence-corrected chi connectivity index (χ1v) is 9.96. The maximum Gasteiger partial charge on any atom is 0.304 e. The van der Waals surface area contributed by atoms with E-state index < -0.39 is 10.1 Å². The summed E-state index contributed by atoms with van der Waals surface area (Å²) in [5, 5.41) is 10.5. The Kier molecular flexibility index (Phi) is 3.99. The number of hydrogen-bond donors (Lipinski definition) is 3. The van der Waals surface area contributed by atoms with E-state index in [1.807, 2.05) is 6.07 Å². The molecule has 0 amide bonds. The summed E-state index contributed by atoms with van der Waals surface area (Å²) in [7, 11) is -4.25. The molecule has 0 atom stereocenters. The Morgan fingerprint density at radius 1 is 1.36 bits per heavy atom. The lowest BCUT2D eigenvalue weighted by molar-refractivity contribution is 0.485. The number of hydrogen-bond acceptors (Lipinski definition) is 7. The maximum absolute atomic E-state index is 11.2. The molecule has 3 aromatic rings. The second-order valence-electron chi connectivity index (χ2n) is 5.59. The fraction of sp³-hybridized carbons (Fsp3) is 0.214. The lowest BCUT2D eigenvalue weighted by Crippen LogP contribution is -1.98. The van der Waals surface area contributed by atoms with E-state index in [0.717, 1.165) is 29.9 Å². The summed E-state index contributed by atoms with van der Waals surface area (Å²) in [6.45, 7) is 0. The summed E-state index contributed by atoms with van der Waals surface area (Å²) in [5.41, 5.74) is 1.07. The van der Waals surface area contributed by atoms with Crippen molar-refractivity contribution in [1.29, 1.82) is 0 Å². The maximum atomic E-state index is 11.2. The van der Waals surface area contributed by atoms with Crippen molar-refractivity contribution in [2.75, 3.05) is 5.32 Å². The van der Waals surface area contributed by atoms with Crippen LogP contribution in [0.1, 0.15) is 24.5 Å². The van der Waals surface area contributed by atoms with E-state index in [2.05, 4.69) is 25.5 Å². The molecule has 1 fully saturated rings. The van der Waals surface area contributed by atoms with Crippen LogP contribution >= 0.6 is 22.9 Å². The Labute approximate surface area is 152 Å². The van der Waals surface area contributed by atoms with Crippen molar-refractivity contribution >= 4 is 44.7 Å².